The van der Waals surface area contributed by atoms with Gasteiger partial charge >= 0.3 is 0 Å². The number of aliphatic imine (C=N–C) groups is 1. The summed E-state index contributed by atoms with van der Waals surface area (Å²) in [6.07, 6.45) is 2.23. The number of hydrogen-bond acceptors (Lipinski definition) is 4. The van der Waals surface area contributed by atoms with E-state index in [0.29, 0.717) is 42.1 Å². The smallest absolute Gasteiger partial charge is 0.191 e. The largest absolute Gasteiger partial charge is 0.381 e. The van der Waals surface area contributed by atoms with Crippen LogP contribution >= 0.6 is 47.2 Å². The summed E-state index contributed by atoms with van der Waals surface area (Å²) in [5.41, 5.74) is 0.950. The maximum atomic E-state index is 12.3. The fourth-order valence-electron chi connectivity index (χ4n) is 2.93. The Bertz CT molecular complexity index is 769. The van der Waals surface area contributed by atoms with Gasteiger partial charge in [-0.1, -0.05) is 29.3 Å². The highest BCUT2D eigenvalue weighted by molar-refractivity contribution is 14.0. The molecule has 0 bridgehead atoms. The van der Waals surface area contributed by atoms with Crippen molar-refractivity contribution in [1.82, 2.24) is 10.6 Å². The predicted molar refractivity (Wildman–Crippen MR) is 122 cm³/mol. The van der Waals surface area contributed by atoms with Crippen LogP contribution in [0.5, 0.6) is 0 Å². The zero-order valence-corrected chi connectivity index (χ0v) is 20.2. The number of nitrogens with one attached hydrogen (secondary N) is 2. The van der Waals surface area contributed by atoms with Crippen LogP contribution in [0.3, 0.4) is 0 Å². The third-order valence-corrected chi connectivity index (χ3v) is 7.65. The second-order valence-corrected chi connectivity index (χ2v) is 9.76. The highest BCUT2D eigenvalue weighted by Crippen LogP contribution is 2.29. The lowest BCUT2D eigenvalue weighted by Crippen LogP contribution is -2.53. The van der Waals surface area contributed by atoms with Crippen LogP contribution in [0.1, 0.15) is 31.4 Å². The van der Waals surface area contributed by atoms with Crippen LogP contribution in [0.25, 0.3) is 0 Å². The topological polar surface area (TPSA) is 79.8 Å². The molecule has 0 aromatic heterocycles. The van der Waals surface area contributed by atoms with Crippen molar-refractivity contribution < 1.29 is 13.2 Å². The first-order valence-electron chi connectivity index (χ1n) is 8.38. The van der Waals surface area contributed by atoms with Crippen LogP contribution in [0.2, 0.25) is 10.0 Å². The van der Waals surface area contributed by atoms with E-state index >= 15 is 0 Å². The molecule has 6 nitrogen and oxygen atoms in total. The first kappa shape index (κ1) is 24.7. The average Bonchev–Trinajstić information content (AvgIpc) is 2.60. The minimum absolute atomic E-state index is 0. The van der Waals surface area contributed by atoms with Crippen molar-refractivity contribution in [3.05, 3.63) is 33.8 Å². The lowest BCUT2D eigenvalue weighted by molar-refractivity contribution is 0.0756. The normalized spacial score (nSPS) is 18.3. The summed E-state index contributed by atoms with van der Waals surface area (Å²) < 4.78 is 29.2. The molecule has 27 heavy (non-hydrogen) atoms. The van der Waals surface area contributed by atoms with Gasteiger partial charge in [-0.25, -0.2) is 8.42 Å². The Kier molecular flexibility index (Phi) is 9.60. The summed E-state index contributed by atoms with van der Waals surface area (Å²) in [6, 6.07) is 5.34. The minimum Gasteiger partial charge on any atom is -0.381 e. The van der Waals surface area contributed by atoms with E-state index in [1.807, 2.05) is 13.0 Å². The van der Waals surface area contributed by atoms with Crippen molar-refractivity contribution in [2.75, 3.05) is 33.1 Å². The monoisotopic (exact) mass is 549 g/mol. The lowest BCUT2D eigenvalue weighted by atomic mass is 9.99. The van der Waals surface area contributed by atoms with Crippen LogP contribution in [-0.2, 0) is 14.6 Å². The molecule has 0 amide bonds. The fourth-order valence-corrected chi connectivity index (χ4v) is 4.48. The molecule has 154 valence electrons. The van der Waals surface area contributed by atoms with Crippen molar-refractivity contribution in [1.29, 1.82) is 0 Å². The van der Waals surface area contributed by atoms with Gasteiger partial charge in [0.1, 0.15) is 0 Å². The molecule has 1 aliphatic rings. The number of sulfone groups is 1. The molecule has 2 N–H and O–H groups in total. The second-order valence-electron chi connectivity index (χ2n) is 6.53. The van der Waals surface area contributed by atoms with Gasteiger partial charge in [-0.3, -0.25) is 4.99 Å². The fraction of sp³-hybridized carbons (Fsp3) is 0.588. The summed E-state index contributed by atoms with van der Waals surface area (Å²) in [5.74, 6) is 0.526. The van der Waals surface area contributed by atoms with Crippen molar-refractivity contribution >= 4 is 63.0 Å². The van der Waals surface area contributed by atoms with Crippen molar-refractivity contribution in [3.8, 4) is 0 Å². The number of ether oxygens (including phenoxy) is 1. The Morgan fingerprint density at radius 1 is 1.30 bits per heavy atom. The van der Waals surface area contributed by atoms with Gasteiger partial charge in [0.25, 0.3) is 0 Å². The van der Waals surface area contributed by atoms with E-state index in [9.17, 15) is 8.42 Å². The van der Waals surface area contributed by atoms with Crippen molar-refractivity contribution in [3.63, 3.8) is 0 Å². The Hall–Kier alpha value is -0.290. The molecule has 0 radical (unpaired) electrons. The van der Waals surface area contributed by atoms with E-state index in [4.69, 9.17) is 27.9 Å². The number of hydrogen-bond donors (Lipinski definition) is 2. The molecule has 1 saturated heterocycles. The van der Waals surface area contributed by atoms with Gasteiger partial charge in [0.2, 0.25) is 0 Å². The van der Waals surface area contributed by atoms with E-state index in [2.05, 4.69) is 15.6 Å². The van der Waals surface area contributed by atoms with Crippen LogP contribution in [0, 0.1) is 0 Å². The SMILES string of the molecule is CN=C(NCC1(S(C)(=O)=O)CCOCC1)NC(C)c1ccc(Cl)c(Cl)c1.I. The van der Waals surface area contributed by atoms with Crippen molar-refractivity contribution in [2.24, 2.45) is 4.99 Å². The van der Waals surface area contributed by atoms with Gasteiger partial charge < -0.3 is 15.4 Å². The highest BCUT2D eigenvalue weighted by Gasteiger charge is 2.42. The Balaban J connectivity index is 0.00000364. The first-order chi connectivity index (χ1) is 12.2. The molecule has 1 aromatic carbocycles. The predicted octanol–water partition coefficient (Wildman–Crippen LogP) is 3.43. The molecular formula is C17H26Cl2IN3O3S. The summed E-state index contributed by atoms with van der Waals surface area (Å²) >= 11 is 12.0. The molecule has 1 aliphatic heterocycles. The van der Waals surface area contributed by atoms with E-state index in [1.165, 1.54) is 6.26 Å². The Morgan fingerprint density at radius 2 is 1.93 bits per heavy atom. The summed E-state index contributed by atoms with van der Waals surface area (Å²) in [6.45, 7) is 3.14. The lowest BCUT2D eigenvalue weighted by Gasteiger charge is -2.36. The third-order valence-electron chi connectivity index (χ3n) is 4.79. The molecule has 10 heteroatoms. The van der Waals surface area contributed by atoms with Crippen molar-refractivity contribution in [2.45, 2.75) is 30.6 Å². The summed E-state index contributed by atoms with van der Waals surface area (Å²) in [7, 11) is -1.59. The number of benzene rings is 1. The zero-order chi connectivity index (χ0) is 19.4. The molecule has 1 unspecified atom stereocenters. The molecule has 1 atom stereocenters. The number of rotatable bonds is 5. The second kappa shape index (κ2) is 10.5. The molecule has 0 saturated carbocycles. The Morgan fingerprint density at radius 3 is 2.44 bits per heavy atom. The number of nitrogens with zero attached hydrogens (tertiary/aromatic N) is 1. The van der Waals surface area contributed by atoms with Gasteiger partial charge in [-0.05, 0) is 37.5 Å². The zero-order valence-electron chi connectivity index (χ0n) is 15.6. The molecule has 0 aliphatic carbocycles. The van der Waals surface area contributed by atoms with E-state index < -0.39 is 14.6 Å². The van der Waals surface area contributed by atoms with Crippen LogP contribution in [-0.4, -0.2) is 52.2 Å². The average molecular weight is 550 g/mol. The minimum atomic E-state index is -3.24. The molecular weight excluding hydrogens is 524 g/mol. The quantitative estimate of drug-likeness (QED) is 0.334. The molecule has 1 aromatic rings. The highest BCUT2D eigenvalue weighted by atomic mass is 127. The standard InChI is InChI=1S/C17H25Cl2N3O3S.HI/c1-12(13-4-5-14(18)15(19)10-13)22-16(20-2)21-11-17(26(3,23)24)6-8-25-9-7-17;/h4-5,10,12H,6-9,11H2,1-3H3,(H2,20,21,22);1H. The number of halogens is 3. The van der Waals surface area contributed by atoms with Gasteiger partial charge in [0.15, 0.2) is 15.8 Å². The Labute approximate surface area is 188 Å². The molecule has 0 spiro atoms. The maximum absolute atomic E-state index is 12.3. The van der Waals surface area contributed by atoms with Gasteiger partial charge in [-0.2, -0.15) is 0 Å². The van der Waals surface area contributed by atoms with Gasteiger partial charge in [-0.15, -0.1) is 24.0 Å². The van der Waals surface area contributed by atoms with E-state index in [-0.39, 0.29) is 36.6 Å². The molecule has 1 heterocycles. The molecule has 2 rings (SSSR count). The van der Waals surface area contributed by atoms with Gasteiger partial charge in [0.05, 0.1) is 20.8 Å². The van der Waals surface area contributed by atoms with Crippen LogP contribution < -0.4 is 10.6 Å². The molecule has 1 fully saturated rings. The maximum Gasteiger partial charge on any atom is 0.191 e. The van der Waals surface area contributed by atoms with Crippen LogP contribution in [0.4, 0.5) is 0 Å². The third kappa shape index (κ3) is 6.35. The van der Waals surface area contributed by atoms with E-state index in [0.717, 1.165) is 5.56 Å². The first-order valence-corrected chi connectivity index (χ1v) is 11.0. The summed E-state index contributed by atoms with van der Waals surface area (Å²) in [5, 5.41) is 7.39. The van der Waals surface area contributed by atoms with Gasteiger partial charge in [0, 0.05) is 33.1 Å². The van der Waals surface area contributed by atoms with E-state index in [1.54, 1.807) is 19.2 Å². The van der Waals surface area contributed by atoms with Crippen LogP contribution in [0.15, 0.2) is 23.2 Å². The summed E-state index contributed by atoms with van der Waals surface area (Å²) in [4.78, 5) is 4.20. The number of guanidine groups is 1.